The van der Waals surface area contributed by atoms with Gasteiger partial charge in [-0.1, -0.05) is 0 Å². The minimum Gasteiger partial charge on any atom is -0.273 e. The molecule has 0 atom stereocenters. The number of allylic oxidation sites excluding steroid dienone is 4. The Labute approximate surface area is 181 Å². The van der Waals surface area contributed by atoms with Crippen LogP contribution in [0.4, 0.5) is 39.5 Å². The maximum Gasteiger partial charge on any atom is 0 e. The fourth-order valence-electron chi connectivity index (χ4n) is 0.822. The fraction of sp³-hybridized carbons (Fsp3) is 0.714. The van der Waals surface area contributed by atoms with Crippen molar-refractivity contribution in [1.82, 2.24) is 0 Å². The Morgan fingerprint density at radius 3 is 1.04 bits per heavy atom. The van der Waals surface area contributed by atoms with E-state index in [1.807, 2.05) is 12.2 Å². The Hall–Kier alpha value is 0.156. The topological polar surface area (TPSA) is 60.7 Å². The van der Waals surface area contributed by atoms with E-state index in [0.29, 0.717) is 0 Å². The number of rotatable bonds is 0. The van der Waals surface area contributed by atoms with Crippen LogP contribution >= 0.6 is 0 Å². The van der Waals surface area contributed by atoms with Gasteiger partial charge in [-0.3, -0.25) is 6.08 Å². The molecule has 0 heterocycles. The molecule has 0 saturated heterocycles. The zero-order valence-corrected chi connectivity index (χ0v) is 19.9. The number of hydrogen-bond acceptors (Lipinski definition) is 3. The van der Waals surface area contributed by atoms with E-state index < -0.39 is 29.4 Å². The molecule has 28 heavy (non-hydrogen) atoms. The van der Waals surface area contributed by atoms with Gasteiger partial charge in [0.05, 0.1) is 0 Å². The Morgan fingerprint density at radius 1 is 0.750 bits per heavy atom. The smallest absolute Gasteiger partial charge is 0 e. The third-order valence-corrected chi connectivity index (χ3v) is 5.00. The summed E-state index contributed by atoms with van der Waals surface area (Å²) in [4.78, 5) is 0. The zero-order valence-electron chi connectivity index (χ0n) is 15.3. The largest absolute Gasteiger partial charge is 0.273 e. The molecule has 0 spiro atoms. The van der Waals surface area contributed by atoms with Crippen LogP contribution in [0.2, 0.25) is 0 Å². The predicted octanol–water partition coefficient (Wildman–Crippen LogP) is 4.08. The van der Waals surface area contributed by atoms with Gasteiger partial charge in [0.25, 0.3) is 0 Å². The van der Waals surface area contributed by atoms with Crippen molar-refractivity contribution in [2.45, 2.75) is 42.2 Å². The second-order valence-electron chi connectivity index (χ2n) is 3.82. The molecule has 14 heteroatoms. The van der Waals surface area contributed by atoms with Crippen molar-refractivity contribution in [3.63, 3.8) is 0 Å². The van der Waals surface area contributed by atoms with Gasteiger partial charge in [0.15, 0.2) is 0 Å². The summed E-state index contributed by atoms with van der Waals surface area (Å²) in [6.45, 7) is 5.79. The van der Waals surface area contributed by atoms with Crippen LogP contribution in [0.5, 0.6) is 0 Å². The van der Waals surface area contributed by atoms with Crippen molar-refractivity contribution in [1.29, 1.82) is 0 Å². The van der Waals surface area contributed by atoms with Crippen molar-refractivity contribution in [2.24, 2.45) is 0 Å². The third kappa shape index (κ3) is 30.9. The number of halogens is 9. The second kappa shape index (κ2) is 21.9. The van der Waals surface area contributed by atoms with Crippen molar-refractivity contribution in [3.05, 3.63) is 24.3 Å². The molecule has 0 amide bonds. The summed E-state index contributed by atoms with van der Waals surface area (Å²) in [5, 5.41) is 4.11. The van der Waals surface area contributed by atoms with Crippen LogP contribution < -0.4 is 0 Å². The van der Waals surface area contributed by atoms with E-state index in [9.17, 15) is 39.5 Å². The van der Waals surface area contributed by atoms with Crippen molar-refractivity contribution < 1.29 is 81.0 Å². The van der Waals surface area contributed by atoms with Gasteiger partial charge < -0.3 is 15.3 Å². The van der Waals surface area contributed by atoms with Gasteiger partial charge in [0.1, 0.15) is 0 Å². The van der Waals surface area contributed by atoms with E-state index in [-0.39, 0.29) is 46.0 Å². The van der Waals surface area contributed by atoms with E-state index in [1.165, 1.54) is 0 Å². The first-order valence-corrected chi connectivity index (χ1v) is 10.4. The van der Waals surface area contributed by atoms with Crippen molar-refractivity contribution in [2.75, 3.05) is 19.8 Å². The average molecular weight is 574 g/mol. The number of hydrogen-bond donors (Lipinski definition) is 3. The molecule has 3 N–H and O–H groups in total. The minimum atomic E-state index is -7.10. The molecule has 0 fully saturated rings. The van der Waals surface area contributed by atoms with Crippen LogP contribution in [0.25, 0.3) is 0 Å². The van der Waals surface area contributed by atoms with Gasteiger partial charge in [0.2, 0.25) is 0 Å². The van der Waals surface area contributed by atoms with Gasteiger partial charge in [-0.05, 0) is 20.8 Å². The molecule has 0 saturated carbocycles. The molecule has 0 aromatic rings. The molecule has 1 aliphatic rings. The Kier molecular flexibility index (Phi) is 30.2. The summed E-state index contributed by atoms with van der Waals surface area (Å²) in [7, 11) is 0. The van der Waals surface area contributed by atoms with E-state index in [4.69, 9.17) is 15.3 Å². The molecule has 1 radical (unpaired) electrons. The van der Waals surface area contributed by atoms with Gasteiger partial charge in [-0.2, -0.15) is 6.08 Å². The summed E-state index contributed by atoms with van der Waals surface area (Å²) >= 11 is -7.10. The van der Waals surface area contributed by atoms with E-state index in [1.54, 1.807) is 20.8 Å². The quantitative estimate of drug-likeness (QED) is 0.232. The predicted molar refractivity (Wildman–Crippen MR) is 83.8 cm³/mol. The molecule has 0 aromatic carbocycles. The molecular weight excluding hydrogens is 551 g/mol. The van der Waals surface area contributed by atoms with Gasteiger partial charge in [-0.15, -0.1) is 6.42 Å². The molecule has 1 aliphatic carbocycles. The minimum absolute atomic E-state index is 0. The average Bonchev–Trinajstić information content (AvgIpc) is 2.94. The monoisotopic (exact) mass is 574 g/mol. The molecule has 0 aromatic heterocycles. The fourth-order valence-corrected chi connectivity index (χ4v) is 2.85. The normalized spacial score (nSPS) is 12.1. The second-order valence-corrected chi connectivity index (χ2v) is 8.96. The van der Waals surface area contributed by atoms with E-state index in [2.05, 4.69) is 12.2 Å². The molecule has 1 rings (SSSR count). The summed E-state index contributed by atoms with van der Waals surface area (Å²) in [6.07, 6.45) is 10.0. The van der Waals surface area contributed by atoms with Crippen LogP contribution in [-0.4, -0.2) is 64.5 Å². The van der Waals surface area contributed by atoms with Gasteiger partial charge >= 0.3 is 68.9 Å². The number of alkyl halides is 9. The van der Waals surface area contributed by atoms with E-state index in [0.717, 1.165) is 6.42 Å². The van der Waals surface area contributed by atoms with Crippen LogP contribution in [0.15, 0.2) is 18.2 Å². The summed E-state index contributed by atoms with van der Waals surface area (Å²) in [5.74, 6) is 0. The molecule has 0 aliphatic heterocycles. The molecule has 0 bridgehead atoms. The Balaban J connectivity index is -0.0000000964. The maximum atomic E-state index is 11.3. The van der Waals surface area contributed by atoms with E-state index >= 15 is 0 Å². The van der Waals surface area contributed by atoms with Crippen molar-refractivity contribution in [3.8, 4) is 0 Å². The maximum absolute atomic E-state index is 11.3. The number of aliphatic hydroxyl groups is 3. The van der Waals surface area contributed by atoms with Gasteiger partial charge in [-0.25, -0.2) is 12.2 Å². The SMILES string of the molecule is CCO.CCO.CCO.F[C](F)(F)[Ge]([C](F)(F)F)[C](F)(F)F.[C-]1=CC=CC1.[Zr]. The van der Waals surface area contributed by atoms with Crippen LogP contribution in [0, 0.1) is 6.08 Å². The summed E-state index contributed by atoms with van der Waals surface area (Å²) in [6, 6.07) is 0. The van der Waals surface area contributed by atoms with Crippen LogP contribution in [-0.2, 0) is 26.2 Å². The summed E-state index contributed by atoms with van der Waals surface area (Å²) < 4.78 is 102. The first kappa shape index (κ1) is 38.7. The van der Waals surface area contributed by atoms with Crippen LogP contribution in [0.1, 0.15) is 27.2 Å². The zero-order chi connectivity index (χ0) is 22.7. The van der Waals surface area contributed by atoms with Gasteiger partial charge in [0, 0.05) is 46.0 Å². The third-order valence-electron chi connectivity index (χ3n) is 1.44. The number of aliphatic hydroxyl groups excluding tert-OH is 3. The molecule has 169 valence electrons. The summed E-state index contributed by atoms with van der Waals surface area (Å²) in [5.41, 5.74) is 0. The molecule has 3 nitrogen and oxygen atoms in total. The Bertz CT molecular complexity index is 323. The standard InChI is InChI=1S/C5H5.C3F9Ge.3C2H6O.Zr/c1-2-4-5-3-1;4-1(5,6)13(2(7,8)9)3(10,11)12;3*1-2-3;/h1-3H,4H2;;3*3H,2H2,1H3;/q-1;;;;;. The Morgan fingerprint density at radius 2 is 1.00 bits per heavy atom. The molecule has 0 unspecified atom stereocenters. The van der Waals surface area contributed by atoms with Crippen molar-refractivity contribution >= 4 is 14.3 Å². The molecular formula is C14H23F9GeO3Zr-. The van der Waals surface area contributed by atoms with Crippen LogP contribution in [0.3, 0.4) is 0 Å². The first-order chi connectivity index (χ1) is 12.1. The first-order valence-electron chi connectivity index (χ1n) is 7.24.